The van der Waals surface area contributed by atoms with Gasteiger partial charge in [0.15, 0.2) is 6.29 Å². The lowest BCUT2D eigenvalue weighted by atomic mass is 9.99. The van der Waals surface area contributed by atoms with Crippen molar-refractivity contribution in [3.8, 4) is 5.75 Å². The third-order valence-electron chi connectivity index (χ3n) is 2.93. The molecule has 1 aliphatic heterocycles. The smallest absolute Gasteiger partial charge is 0.186 e. The largest absolute Gasteiger partial charge is 0.508 e. The van der Waals surface area contributed by atoms with Gasteiger partial charge in [-0.1, -0.05) is 12.1 Å². The molecule has 118 valence electrons. The normalized spacial score (nSPS) is 47.7. The van der Waals surface area contributed by atoms with E-state index in [1.54, 1.807) is 12.1 Å². The van der Waals surface area contributed by atoms with Crippen LogP contribution in [-0.4, -0.2) is 69.3 Å². The van der Waals surface area contributed by atoms with Gasteiger partial charge in [0.2, 0.25) is 0 Å². The zero-order valence-corrected chi connectivity index (χ0v) is 10.9. The molecule has 1 aromatic rings. The molecule has 1 saturated heterocycles. The minimum Gasteiger partial charge on any atom is -0.508 e. The van der Waals surface area contributed by atoms with E-state index in [2.05, 4.69) is 0 Å². The molecule has 5 N–H and O–H groups in total. The van der Waals surface area contributed by atoms with Crippen LogP contribution in [0, 0.1) is 0 Å². The van der Waals surface area contributed by atoms with Crippen LogP contribution >= 0.6 is 0 Å². The second kappa shape index (κ2) is 7.17. The molecular weight excluding hydrogens is 280 g/mol. The molecule has 0 bridgehead atoms. The van der Waals surface area contributed by atoms with Gasteiger partial charge in [-0.15, -0.1) is 0 Å². The van der Waals surface area contributed by atoms with Crippen molar-refractivity contribution in [2.45, 2.75) is 37.1 Å². The van der Waals surface area contributed by atoms with Crippen molar-refractivity contribution in [1.29, 1.82) is 0 Å². The molecule has 5 atom stereocenters. The quantitative estimate of drug-likeness (QED) is 0.461. The minimum atomic E-state index is -3.66. The molecule has 0 saturated carbocycles. The van der Waals surface area contributed by atoms with Gasteiger partial charge in [-0.3, -0.25) is 0 Å². The maximum absolute atomic E-state index is 10.1. The first-order valence-corrected chi connectivity index (χ1v) is 6.15. The number of benzene rings is 1. The summed E-state index contributed by atoms with van der Waals surface area (Å²) in [4.78, 5) is 0. The molecule has 1 fully saturated rings. The number of aliphatic hydroxyl groups is 4. The molecule has 7 nitrogen and oxygen atoms in total. The number of hydrogen-bond acceptors (Lipinski definition) is 7. The first kappa shape index (κ1) is 10.5. The fourth-order valence-corrected chi connectivity index (χ4v) is 1.78. The van der Waals surface area contributed by atoms with Gasteiger partial charge in [-0.05, 0) is 24.1 Å². The van der Waals surface area contributed by atoms with Crippen LogP contribution in [0.3, 0.4) is 0 Å². The Morgan fingerprint density at radius 2 is 1.81 bits per heavy atom. The fourth-order valence-electron chi connectivity index (χ4n) is 1.78. The predicted octanol–water partition coefficient (Wildman–Crippen LogP) is -1.25. The lowest BCUT2D eigenvalue weighted by molar-refractivity contribution is -0.300. The summed E-state index contributed by atoms with van der Waals surface area (Å²) in [6.45, 7) is -3.59. The van der Waals surface area contributed by atoms with Gasteiger partial charge in [0, 0.05) is 0 Å². The first-order chi connectivity index (χ1) is 11.7. The fraction of sp³-hybridized carbons (Fsp3) is 0.571. The summed E-state index contributed by atoms with van der Waals surface area (Å²) in [7, 11) is 0. The standard InChI is InChI=1S/C14H20O7/c15-7-10-11(17)12(18)13(19)14(21-10)20-6-5-8-1-3-9(16)4-2-8/h1-4,10-19H,5-7H2/i7D2,11D,12D,13D. The number of ether oxygens (including phenoxy) is 2. The van der Waals surface area contributed by atoms with Crippen LogP contribution in [0.25, 0.3) is 0 Å². The van der Waals surface area contributed by atoms with Crippen LogP contribution in [0.4, 0.5) is 0 Å². The molecule has 21 heavy (non-hydrogen) atoms. The average Bonchev–Trinajstić information content (AvgIpc) is 2.49. The molecule has 0 amide bonds. The summed E-state index contributed by atoms with van der Waals surface area (Å²) in [5.41, 5.74) is 0.694. The van der Waals surface area contributed by atoms with Crippen LogP contribution in [0.5, 0.6) is 5.75 Å². The topological polar surface area (TPSA) is 120 Å². The van der Waals surface area contributed by atoms with E-state index in [-0.39, 0.29) is 18.8 Å². The summed E-state index contributed by atoms with van der Waals surface area (Å²) in [5, 5.41) is 48.7. The van der Waals surface area contributed by atoms with Crippen molar-refractivity contribution in [1.82, 2.24) is 0 Å². The van der Waals surface area contributed by atoms with Gasteiger partial charge in [0.05, 0.1) is 20.0 Å². The van der Waals surface area contributed by atoms with Crippen LogP contribution in [0.2, 0.25) is 0 Å². The van der Waals surface area contributed by atoms with Gasteiger partial charge in [0.1, 0.15) is 30.1 Å². The lowest BCUT2D eigenvalue weighted by Crippen LogP contribution is -2.59. The molecular formula is C14H20O7. The highest BCUT2D eigenvalue weighted by Gasteiger charge is 2.43. The van der Waals surface area contributed by atoms with E-state index in [1.165, 1.54) is 12.1 Å². The number of rotatable bonds is 5. The molecule has 0 radical (unpaired) electrons. The summed E-state index contributed by atoms with van der Waals surface area (Å²) >= 11 is 0. The second-order valence-corrected chi connectivity index (χ2v) is 4.38. The van der Waals surface area contributed by atoms with Crippen molar-refractivity contribution in [2.24, 2.45) is 0 Å². The summed E-state index contributed by atoms with van der Waals surface area (Å²) in [6, 6.07) is 6.00. The summed E-state index contributed by atoms with van der Waals surface area (Å²) in [6.07, 6.45) is -15.0. The highest BCUT2D eigenvalue weighted by molar-refractivity contribution is 5.25. The zero-order valence-electron chi connectivity index (χ0n) is 15.9. The van der Waals surface area contributed by atoms with E-state index in [4.69, 9.17) is 16.3 Å². The highest BCUT2D eigenvalue weighted by Crippen LogP contribution is 2.22. The summed E-state index contributed by atoms with van der Waals surface area (Å²) < 4.78 is 47.2. The Morgan fingerprint density at radius 1 is 1.14 bits per heavy atom. The van der Waals surface area contributed by atoms with E-state index in [1.807, 2.05) is 0 Å². The maximum atomic E-state index is 10.1. The summed E-state index contributed by atoms with van der Waals surface area (Å²) in [5.74, 6) is 0.0489. The van der Waals surface area contributed by atoms with Crippen molar-refractivity contribution in [3.63, 3.8) is 0 Å². The van der Waals surface area contributed by atoms with Crippen LogP contribution in [0.15, 0.2) is 24.3 Å². The number of hydrogen-bond donors (Lipinski definition) is 5. The van der Waals surface area contributed by atoms with E-state index < -0.39 is 37.2 Å². The minimum absolute atomic E-state index is 0.0489. The Bertz CT molecular complexity index is 630. The second-order valence-electron chi connectivity index (χ2n) is 4.38. The molecule has 0 aliphatic carbocycles. The highest BCUT2D eigenvalue weighted by atomic mass is 16.7. The van der Waals surface area contributed by atoms with Crippen molar-refractivity contribution >= 4 is 0 Å². The Labute approximate surface area is 129 Å². The van der Waals surface area contributed by atoms with Crippen LogP contribution in [-0.2, 0) is 15.9 Å². The Morgan fingerprint density at radius 3 is 2.43 bits per heavy atom. The average molecular weight is 305 g/mol. The van der Waals surface area contributed by atoms with Crippen molar-refractivity contribution < 1.29 is 41.9 Å². The lowest BCUT2D eigenvalue weighted by Gasteiger charge is -2.39. The van der Waals surface area contributed by atoms with E-state index >= 15 is 0 Å². The van der Waals surface area contributed by atoms with Crippen molar-refractivity contribution in [2.75, 3.05) is 13.2 Å². The van der Waals surface area contributed by atoms with Crippen molar-refractivity contribution in [3.05, 3.63) is 29.8 Å². The van der Waals surface area contributed by atoms with E-state index in [0.29, 0.717) is 5.56 Å². The predicted molar refractivity (Wildman–Crippen MR) is 71.5 cm³/mol. The first-order valence-electron chi connectivity index (χ1n) is 8.65. The van der Waals surface area contributed by atoms with Gasteiger partial charge in [0.25, 0.3) is 0 Å². The van der Waals surface area contributed by atoms with Gasteiger partial charge >= 0.3 is 0 Å². The maximum Gasteiger partial charge on any atom is 0.186 e. The molecule has 2 rings (SSSR count). The monoisotopic (exact) mass is 305 g/mol. The number of phenols is 1. The zero-order chi connectivity index (χ0) is 20.0. The molecule has 1 heterocycles. The van der Waals surface area contributed by atoms with Gasteiger partial charge in [-0.2, -0.15) is 0 Å². The molecule has 0 spiro atoms. The molecule has 1 aliphatic rings. The SMILES string of the molecule is [2H]C([2H])(O)C1OC(OCCc2ccc(O)cc2)C([2H])(O)C([2H])(O)C1([2H])O. The van der Waals surface area contributed by atoms with E-state index in [9.17, 15) is 25.5 Å². The Kier molecular flexibility index (Phi) is 3.58. The Balaban J connectivity index is 2.17. The molecule has 1 aromatic carbocycles. The Hall–Kier alpha value is -1.22. The third-order valence-corrected chi connectivity index (χ3v) is 2.93. The third kappa shape index (κ3) is 3.91. The van der Waals surface area contributed by atoms with Crippen LogP contribution < -0.4 is 0 Å². The number of aromatic hydroxyl groups is 1. The molecule has 7 heteroatoms. The van der Waals surface area contributed by atoms with Crippen LogP contribution in [0.1, 0.15) is 12.4 Å². The van der Waals surface area contributed by atoms with E-state index in [0.717, 1.165) is 0 Å². The van der Waals surface area contributed by atoms with Gasteiger partial charge in [-0.25, -0.2) is 0 Å². The molecule has 0 aromatic heterocycles. The molecule has 5 unspecified atom stereocenters. The van der Waals surface area contributed by atoms with Gasteiger partial charge < -0.3 is 35.0 Å². The number of phenolic OH excluding ortho intramolecular Hbond substituents is 1.